The number of aromatic amines is 1. The molecule has 1 aliphatic heterocycles. The van der Waals surface area contributed by atoms with Crippen molar-refractivity contribution in [1.29, 1.82) is 0 Å². The molecule has 2 heterocycles. The van der Waals surface area contributed by atoms with Crippen LogP contribution in [-0.2, 0) is 11.3 Å². The van der Waals surface area contributed by atoms with E-state index in [1.165, 1.54) is 0 Å². The van der Waals surface area contributed by atoms with Crippen LogP contribution in [-0.4, -0.2) is 73.4 Å². The summed E-state index contributed by atoms with van der Waals surface area (Å²) in [5.74, 6) is 0.717. The molecular weight excluding hydrogens is 400 g/mol. The number of hydrogen-bond acceptors (Lipinski definition) is 5. The van der Waals surface area contributed by atoms with Crippen LogP contribution in [0.3, 0.4) is 0 Å². The van der Waals surface area contributed by atoms with Gasteiger partial charge in [0.05, 0.1) is 25.3 Å². The molecule has 1 saturated heterocycles. The van der Waals surface area contributed by atoms with Crippen molar-refractivity contribution >= 4 is 28.2 Å². The molecule has 0 amide bonds. The van der Waals surface area contributed by atoms with Crippen molar-refractivity contribution < 1.29 is 9.47 Å². The maximum absolute atomic E-state index is 12.7. The van der Waals surface area contributed by atoms with Crippen molar-refractivity contribution in [2.75, 3.05) is 47.4 Å². The number of pyridine rings is 1. The Morgan fingerprint density at radius 3 is 2.90 bits per heavy atom. The molecule has 2 aromatic rings. The lowest BCUT2D eigenvalue weighted by Crippen LogP contribution is -2.44. The van der Waals surface area contributed by atoms with Crippen LogP contribution < -0.4 is 15.6 Å². The number of ether oxygens (including phenoxy) is 2. The zero-order chi connectivity index (χ0) is 21.5. The van der Waals surface area contributed by atoms with Crippen molar-refractivity contribution in [1.82, 2.24) is 20.1 Å². The molecule has 1 aliphatic rings. The van der Waals surface area contributed by atoms with Gasteiger partial charge in [-0.25, -0.2) is 0 Å². The first-order valence-electron chi connectivity index (χ1n) is 10.5. The molecule has 7 nitrogen and oxygen atoms in total. The van der Waals surface area contributed by atoms with Gasteiger partial charge in [-0.05, 0) is 75.7 Å². The van der Waals surface area contributed by atoms with Crippen molar-refractivity contribution in [3.05, 3.63) is 40.2 Å². The van der Waals surface area contributed by atoms with Gasteiger partial charge >= 0.3 is 0 Å². The molecule has 3 rings (SSSR count). The van der Waals surface area contributed by atoms with Gasteiger partial charge < -0.3 is 29.6 Å². The molecule has 2 N–H and O–H groups in total. The standard InChI is InChI=1S/C22H32N4O3S/c1-25(2)10-5-9-23-22(30)26(15-19-6-4-11-29-19)14-17-12-16-7-8-18(28-3)13-20(16)24-21(17)27/h7-8,12-13,19H,4-6,9-11,14-15H2,1-3H3,(H,23,30)(H,24,27)/t19-/m1/s1. The van der Waals surface area contributed by atoms with Gasteiger partial charge in [0.25, 0.3) is 5.56 Å². The number of fused-ring (bicyclic) bond motifs is 1. The predicted molar refractivity (Wildman–Crippen MR) is 124 cm³/mol. The number of rotatable bonds is 9. The highest BCUT2D eigenvalue weighted by Gasteiger charge is 2.22. The number of nitrogens with one attached hydrogen (secondary N) is 2. The molecule has 1 atom stereocenters. The minimum atomic E-state index is -0.108. The second-order valence-corrected chi connectivity index (χ2v) is 8.37. The summed E-state index contributed by atoms with van der Waals surface area (Å²) in [5.41, 5.74) is 1.34. The minimum absolute atomic E-state index is 0.108. The maximum atomic E-state index is 12.7. The lowest BCUT2D eigenvalue weighted by molar-refractivity contribution is 0.0897. The Morgan fingerprint density at radius 1 is 1.37 bits per heavy atom. The Balaban J connectivity index is 1.74. The van der Waals surface area contributed by atoms with Crippen LogP contribution in [0.4, 0.5) is 0 Å². The van der Waals surface area contributed by atoms with E-state index in [1.807, 2.05) is 24.3 Å². The van der Waals surface area contributed by atoms with Gasteiger partial charge in [-0.15, -0.1) is 0 Å². The summed E-state index contributed by atoms with van der Waals surface area (Å²) in [6.45, 7) is 3.71. The molecular formula is C22H32N4O3S. The van der Waals surface area contributed by atoms with Crippen LogP contribution in [0.15, 0.2) is 29.1 Å². The molecule has 0 radical (unpaired) electrons. The summed E-state index contributed by atoms with van der Waals surface area (Å²) in [6, 6.07) is 7.62. The summed E-state index contributed by atoms with van der Waals surface area (Å²) < 4.78 is 11.1. The van der Waals surface area contributed by atoms with Gasteiger partial charge in [0.1, 0.15) is 5.75 Å². The Labute approximate surface area is 183 Å². The number of methoxy groups -OCH3 is 1. The van der Waals surface area contributed by atoms with E-state index in [-0.39, 0.29) is 11.7 Å². The van der Waals surface area contributed by atoms with Crippen LogP contribution in [0.1, 0.15) is 24.8 Å². The topological polar surface area (TPSA) is 69.8 Å². The summed E-state index contributed by atoms with van der Waals surface area (Å²) in [4.78, 5) is 19.9. The third kappa shape index (κ3) is 6.17. The Kier molecular flexibility index (Phi) is 8.07. The highest BCUT2D eigenvalue weighted by atomic mass is 32.1. The average molecular weight is 433 g/mol. The molecule has 1 aromatic heterocycles. The van der Waals surface area contributed by atoms with Gasteiger partial charge in [0, 0.05) is 31.3 Å². The van der Waals surface area contributed by atoms with E-state index in [1.54, 1.807) is 7.11 Å². The lowest BCUT2D eigenvalue weighted by Gasteiger charge is -2.28. The van der Waals surface area contributed by atoms with E-state index in [9.17, 15) is 4.79 Å². The van der Waals surface area contributed by atoms with Gasteiger partial charge in [-0.3, -0.25) is 4.79 Å². The molecule has 30 heavy (non-hydrogen) atoms. The lowest BCUT2D eigenvalue weighted by atomic mass is 10.1. The van der Waals surface area contributed by atoms with Crippen LogP contribution in [0, 0.1) is 0 Å². The number of H-pyrrole nitrogens is 1. The fraction of sp³-hybridized carbons (Fsp3) is 0.545. The quantitative estimate of drug-likeness (QED) is 0.466. The Morgan fingerprint density at radius 2 is 2.20 bits per heavy atom. The van der Waals surface area contributed by atoms with Crippen LogP contribution in [0.2, 0.25) is 0 Å². The first-order valence-corrected chi connectivity index (χ1v) is 10.9. The molecule has 0 saturated carbocycles. The smallest absolute Gasteiger partial charge is 0.253 e. The zero-order valence-corrected chi connectivity index (χ0v) is 18.9. The first-order chi connectivity index (χ1) is 14.5. The Bertz CT molecular complexity index is 909. The third-order valence-electron chi connectivity index (χ3n) is 5.28. The largest absolute Gasteiger partial charge is 0.497 e. The number of benzene rings is 1. The monoisotopic (exact) mass is 432 g/mol. The molecule has 0 aliphatic carbocycles. The summed E-state index contributed by atoms with van der Waals surface area (Å²) in [5, 5.41) is 4.98. The van der Waals surface area contributed by atoms with Gasteiger partial charge in [-0.1, -0.05) is 0 Å². The highest BCUT2D eigenvalue weighted by Crippen LogP contribution is 2.20. The fourth-order valence-corrected chi connectivity index (χ4v) is 3.87. The molecule has 0 unspecified atom stereocenters. The maximum Gasteiger partial charge on any atom is 0.253 e. The summed E-state index contributed by atoms with van der Waals surface area (Å²) in [6.07, 6.45) is 3.24. The number of aromatic nitrogens is 1. The van der Waals surface area contributed by atoms with Crippen molar-refractivity contribution in [2.45, 2.75) is 31.9 Å². The molecule has 164 valence electrons. The van der Waals surface area contributed by atoms with Gasteiger partial charge in [-0.2, -0.15) is 0 Å². The number of thiocarbonyl (C=S) groups is 1. The Hall–Kier alpha value is -2.16. The van der Waals surface area contributed by atoms with Crippen molar-refractivity contribution in [3.63, 3.8) is 0 Å². The second-order valence-electron chi connectivity index (χ2n) is 7.98. The van der Waals surface area contributed by atoms with Gasteiger partial charge in [0.15, 0.2) is 5.11 Å². The second kappa shape index (κ2) is 10.7. The van der Waals surface area contributed by atoms with E-state index in [0.29, 0.717) is 29.5 Å². The van der Waals surface area contributed by atoms with E-state index >= 15 is 0 Å². The van der Waals surface area contributed by atoms with Crippen molar-refractivity contribution in [3.8, 4) is 5.75 Å². The minimum Gasteiger partial charge on any atom is -0.497 e. The van der Waals surface area contributed by atoms with E-state index in [4.69, 9.17) is 21.7 Å². The summed E-state index contributed by atoms with van der Waals surface area (Å²) in [7, 11) is 5.73. The average Bonchev–Trinajstić information content (AvgIpc) is 3.23. The molecule has 0 bridgehead atoms. The van der Waals surface area contributed by atoms with E-state index in [0.717, 1.165) is 49.9 Å². The van der Waals surface area contributed by atoms with Crippen LogP contribution >= 0.6 is 12.2 Å². The number of nitrogens with zero attached hydrogens (tertiary/aromatic N) is 2. The summed E-state index contributed by atoms with van der Waals surface area (Å²) >= 11 is 5.68. The van der Waals surface area contributed by atoms with Crippen molar-refractivity contribution in [2.24, 2.45) is 0 Å². The normalized spacial score (nSPS) is 16.2. The number of hydrogen-bond donors (Lipinski definition) is 2. The third-order valence-corrected chi connectivity index (χ3v) is 5.69. The predicted octanol–water partition coefficient (Wildman–Crippen LogP) is 2.34. The first kappa shape index (κ1) is 22.5. The van der Waals surface area contributed by atoms with E-state index < -0.39 is 0 Å². The van der Waals surface area contributed by atoms with E-state index in [2.05, 4.69) is 34.2 Å². The molecule has 1 fully saturated rings. The zero-order valence-electron chi connectivity index (χ0n) is 18.1. The highest BCUT2D eigenvalue weighted by molar-refractivity contribution is 7.80. The molecule has 8 heteroatoms. The fourth-order valence-electron chi connectivity index (χ4n) is 3.63. The molecule has 1 aromatic carbocycles. The van der Waals surface area contributed by atoms with Gasteiger partial charge in [0.2, 0.25) is 0 Å². The SMILES string of the molecule is COc1ccc2cc(CN(C[C@H]3CCCO3)C(=S)NCCCN(C)C)c(=O)[nH]c2c1. The van der Waals surface area contributed by atoms with Crippen LogP contribution in [0.25, 0.3) is 10.9 Å². The molecule has 0 spiro atoms. The van der Waals surface area contributed by atoms with Crippen LogP contribution in [0.5, 0.6) is 5.75 Å².